The molecule has 22 nitrogen and oxygen atoms in total. The van der Waals surface area contributed by atoms with Crippen molar-refractivity contribution in [2.75, 3.05) is 33.0 Å². The molecule has 12 bridgehead atoms. The van der Waals surface area contributed by atoms with Gasteiger partial charge in [0.15, 0.2) is 5.15 Å². The van der Waals surface area contributed by atoms with Crippen molar-refractivity contribution in [3.8, 4) is 0 Å². The standard InChI is InChI=1S/C30H44N3O4P.C26H34ClN3O.C26H36N3O4P.C6H15O4P.F2/c1-4-36-38(35,37-5-2)29-30(34)33(28-12-7-6-11-27(28)31-29)26-18-23-9-8-10-24(19-26)32(23)25-16-21-13-20(3)14-22(15-21)17-25;1-16-9-17-11-18(10-16)13-21(12-17)29-19-5-4-6-20(29)15-22(14-19)30-24-8-3-2-7-23(24)28-25(27)26(30)31;1-16-9-17-11-18(10-16)13-21(12-17)28-19-5-4-6-20(28)15-22(14-19)29-24-8-3-2-7-23(24)27-25(26(29)30)34(31,32)33;1-4-8-11(7,9-5-2)10-6-3;1-2/h6-7,11-12,20-26H,4-5,8-10,13-19H2,1-3H3;2-3,7-8,16-22H,4-6,9-15H2,1H3;2-3,7-8,16-22H,4-6,9-15H2,1H3,(H2,31,32,33);4-6H2,1-3H3;/t20?,21-,22+,23-,24+,25?,26?;2*16?,17-,18+,19-,20+,21?,22?;;. The number of phosphoric ester groups is 1. The maximum atomic E-state index is 14.1. The molecule has 0 amide bonds. The zero-order valence-electron chi connectivity index (χ0n) is 69.7. The second-order valence-electron chi connectivity index (χ2n) is 36.8. The van der Waals surface area contributed by atoms with Gasteiger partial charge in [0.05, 0.1) is 66.1 Å². The van der Waals surface area contributed by atoms with E-state index in [2.05, 4.69) is 50.4 Å². The second-order valence-corrected chi connectivity index (χ2v) is 42.3. The molecule has 0 spiro atoms. The summed E-state index contributed by atoms with van der Waals surface area (Å²) in [5.41, 5.74) is 2.68. The van der Waals surface area contributed by atoms with Gasteiger partial charge in [-0.25, -0.2) is 19.5 Å². The third kappa shape index (κ3) is 19.3. The summed E-state index contributed by atoms with van der Waals surface area (Å²) in [4.78, 5) is 82.0. The average Bonchev–Trinajstić information content (AvgIpc) is 0.744. The van der Waals surface area contributed by atoms with Gasteiger partial charge in [0.2, 0.25) is 10.9 Å². The number of phosphoric acid groups is 1. The highest BCUT2D eigenvalue weighted by Gasteiger charge is 2.51. The smallest absolute Gasteiger partial charge is 0.320 e. The Morgan fingerprint density at radius 2 is 0.629 bits per heavy atom. The first-order valence-corrected chi connectivity index (χ1v) is 49.6. The molecule has 28 heteroatoms. The molecule has 3 aromatic carbocycles. The minimum absolute atomic E-state index is 0.0552. The van der Waals surface area contributed by atoms with E-state index in [1.165, 1.54) is 141 Å². The molecule has 0 radical (unpaired) electrons. The monoisotopic (exact) mass is 1690 g/mol. The van der Waals surface area contributed by atoms with Crippen LogP contribution in [0.4, 0.5) is 9.15 Å². The maximum Gasteiger partial charge on any atom is 0.474 e. The van der Waals surface area contributed by atoms with Crippen molar-refractivity contribution in [3.05, 3.63) is 109 Å². The molecule has 6 saturated heterocycles. The Morgan fingerprint density at radius 3 is 0.922 bits per heavy atom. The summed E-state index contributed by atoms with van der Waals surface area (Å²) >= 11 is 6.29. The fourth-order valence-electron chi connectivity index (χ4n) is 25.7. The van der Waals surface area contributed by atoms with Crippen LogP contribution in [0.5, 0.6) is 0 Å². The van der Waals surface area contributed by atoms with Crippen LogP contribution in [0, 0.1) is 53.3 Å². The molecule has 116 heavy (non-hydrogen) atoms. The van der Waals surface area contributed by atoms with E-state index in [4.69, 9.17) is 43.4 Å². The molecule has 9 heterocycles. The number of fused-ring (bicyclic) bond motifs is 15. The minimum Gasteiger partial charge on any atom is -0.320 e. The Kier molecular flexibility index (Phi) is 29.2. The Morgan fingerprint density at radius 1 is 0.362 bits per heavy atom. The summed E-state index contributed by atoms with van der Waals surface area (Å²) in [7, 11) is -11.8. The first kappa shape index (κ1) is 87.9. The number of rotatable bonds is 18. The Labute approximate surface area is 689 Å². The molecule has 9 unspecified atom stereocenters. The molecule has 6 aromatic rings. The molecule has 6 aliphatic carbocycles. The van der Waals surface area contributed by atoms with Crippen molar-refractivity contribution in [2.45, 2.75) is 321 Å². The van der Waals surface area contributed by atoms with E-state index in [1.807, 2.05) is 69.8 Å². The van der Waals surface area contributed by atoms with Gasteiger partial charge in [0.1, 0.15) is 0 Å². The fraction of sp³-hybridized carbons (Fsp3) is 0.727. The molecular formula is C88H129ClF2N9O13P3. The largest absolute Gasteiger partial charge is 0.474 e. The number of para-hydroxylation sites is 6. The van der Waals surface area contributed by atoms with E-state index in [0.29, 0.717) is 84.7 Å². The summed E-state index contributed by atoms with van der Waals surface area (Å²) in [6.45, 7) is 17.5. The molecule has 640 valence electrons. The maximum absolute atomic E-state index is 14.1. The Balaban J connectivity index is 0.000000134. The molecule has 21 atom stereocenters. The summed E-state index contributed by atoms with van der Waals surface area (Å²) in [6, 6.07) is 28.4. The number of piperidine rings is 6. The lowest BCUT2D eigenvalue weighted by Gasteiger charge is -2.55. The van der Waals surface area contributed by atoms with Gasteiger partial charge in [0, 0.05) is 81.7 Å². The summed E-state index contributed by atoms with van der Waals surface area (Å²) in [5.74, 6) is 8.06. The first-order valence-electron chi connectivity index (χ1n) is 44.6. The normalized spacial score (nSPS) is 33.2. The number of benzene rings is 3. The zero-order valence-corrected chi connectivity index (χ0v) is 73.1. The highest BCUT2D eigenvalue weighted by atomic mass is 35.5. The van der Waals surface area contributed by atoms with Gasteiger partial charge >= 0.3 is 23.0 Å². The van der Waals surface area contributed by atoms with Crippen LogP contribution in [-0.4, -0.2) is 141 Å². The van der Waals surface area contributed by atoms with Crippen LogP contribution in [0.25, 0.3) is 33.1 Å². The van der Waals surface area contributed by atoms with Crippen LogP contribution in [0.1, 0.15) is 266 Å². The lowest BCUT2D eigenvalue weighted by molar-refractivity contribution is -0.0526. The van der Waals surface area contributed by atoms with Gasteiger partial charge in [-0.05, 0) is 298 Å². The van der Waals surface area contributed by atoms with E-state index < -0.39 is 34.0 Å². The predicted octanol–water partition coefficient (Wildman–Crippen LogP) is 18.9. The fourth-order valence-corrected chi connectivity index (χ4v) is 29.2. The molecule has 18 rings (SSSR count). The van der Waals surface area contributed by atoms with Crippen LogP contribution in [0.3, 0.4) is 0 Å². The number of aromatic nitrogens is 6. The minimum atomic E-state index is -4.77. The Hall–Kier alpha value is -4.48. The highest BCUT2D eigenvalue weighted by Crippen LogP contribution is 2.55. The lowest BCUT2D eigenvalue weighted by atomic mass is 9.65. The van der Waals surface area contributed by atoms with Crippen molar-refractivity contribution in [1.29, 1.82) is 0 Å². The number of hydrogen-bond donors (Lipinski definition) is 2. The quantitative estimate of drug-likeness (QED) is 0.0759. The van der Waals surface area contributed by atoms with Gasteiger partial charge in [-0.15, -0.1) is 0 Å². The lowest BCUT2D eigenvalue weighted by Crippen LogP contribution is -2.59. The van der Waals surface area contributed by atoms with Crippen LogP contribution in [0.15, 0.2) is 87.2 Å². The van der Waals surface area contributed by atoms with Crippen LogP contribution in [0.2, 0.25) is 5.15 Å². The summed E-state index contributed by atoms with van der Waals surface area (Å²) in [6.07, 6.45) is 37.8. The summed E-state index contributed by atoms with van der Waals surface area (Å²) < 4.78 is 84.4. The van der Waals surface area contributed by atoms with Crippen molar-refractivity contribution < 1.29 is 55.2 Å². The van der Waals surface area contributed by atoms with Crippen molar-refractivity contribution in [1.82, 2.24) is 43.4 Å². The van der Waals surface area contributed by atoms with E-state index in [-0.39, 0.29) is 53.0 Å². The van der Waals surface area contributed by atoms with Crippen LogP contribution >= 0.6 is 34.6 Å². The zero-order chi connectivity index (χ0) is 81.9. The van der Waals surface area contributed by atoms with E-state index in [0.717, 1.165) is 127 Å². The van der Waals surface area contributed by atoms with Crippen LogP contribution in [-0.2, 0) is 36.3 Å². The molecule has 12 fully saturated rings. The third-order valence-corrected chi connectivity index (χ3v) is 33.6. The number of halogens is 3. The van der Waals surface area contributed by atoms with Gasteiger partial charge in [-0.1, -0.05) is 88.0 Å². The molecular weight excluding hydrogens is 1560 g/mol. The molecule has 2 N–H and O–H groups in total. The summed E-state index contributed by atoms with van der Waals surface area (Å²) in [5, 5.41) is 0.112. The van der Waals surface area contributed by atoms with Gasteiger partial charge in [-0.2, -0.15) is 0 Å². The number of hydrogen-bond acceptors (Lipinski definition) is 17. The Bertz CT molecular complexity index is 4560. The van der Waals surface area contributed by atoms with Gasteiger partial charge in [0.25, 0.3) is 16.7 Å². The second kappa shape index (κ2) is 38.5. The third-order valence-electron chi connectivity index (χ3n) is 28.7. The van der Waals surface area contributed by atoms with Crippen LogP contribution < -0.4 is 27.5 Å². The average molecular weight is 1690 g/mol. The van der Waals surface area contributed by atoms with Crippen molar-refractivity contribution in [3.63, 3.8) is 0 Å². The van der Waals surface area contributed by atoms with Crippen molar-refractivity contribution in [2.24, 2.45) is 53.3 Å². The van der Waals surface area contributed by atoms with E-state index >= 15 is 0 Å². The SMILES string of the molecule is CC1C[C@@H]2CC(N3[C@@H]4CCC[C@H]3CC(n3c(=O)c(Cl)nc5ccccc53)C4)C[C@H](C1)C2.CC1C[C@@H]2CC(N3[C@@H]4CCC[C@H]3CC(n3c(=O)c(P(=O)(O)O)nc5ccccc53)C4)C[C@H](C1)C2.CCOP(=O)(OCC)OCC.CCOP(=O)(OCC)c1nc2ccccc2n(C2C[C@H]3CCC[C@@H](C2)N3C2C[C@H]3CC(C)C[C@@H](C2)C3)c1=O.FF. The topological polar surface area (TPSA) is 252 Å². The molecule has 12 aliphatic rings. The molecule has 3 aromatic heterocycles. The number of nitrogens with zero attached hydrogens (tertiary/aromatic N) is 9. The molecule has 6 saturated carbocycles. The predicted molar refractivity (Wildman–Crippen MR) is 454 cm³/mol. The van der Waals surface area contributed by atoms with E-state index in [9.17, 15) is 37.9 Å². The van der Waals surface area contributed by atoms with Crippen molar-refractivity contribution >= 4 is 78.6 Å². The first-order chi connectivity index (χ1) is 55.9. The van der Waals surface area contributed by atoms with Gasteiger partial charge < -0.3 is 32.5 Å². The van der Waals surface area contributed by atoms with E-state index in [1.54, 1.807) is 51.3 Å². The van der Waals surface area contributed by atoms with Gasteiger partial charge in [-0.3, -0.25) is 51.8 Å². The molecule has 6 aliphatic heterocycles. The highest BCUT2D eigenvalue weighted by molar-refractivity contribution is 7.62.